The van der Waals surface area contributed by atoms with Gasteiger partial charge in [-0.25, -0.2) is 8.42 Å². The maximum Gasteiger partial charge on any atom is 0.416 e. The zero-order valence-electron chi connectivity index (χ0n) is 27.8. The van der Waals surface area contributed by atoms with Crippen LogP contribution in [0, 0.1) is 6.92 Å². The minimum atomic E-state index is -4.77. The summed E-state index contributed by atoms with van der Waals surface area (Å²) in [6.07, 6.45) is -4.06. The number of rotatable bonds is 14. The summed E-state index contributed by atoms with van der Waals surface area (Å²) >= 11 is 0. The molecule has 0 unspecified atom stereocenters. The van der Waals surface area contributed by atoms with Crippen LogP contribution in [0.5, 0.6) is 5.75 Å². The number of carbonyl (C=O) groups is 2. The van der Waals surface area contributed by atoms with Gasteiger partial charge in [0.05, 0.1) is 23.3 Å². The lowest BCUT2D eigenvalue weighted by atomic mass is 10.0. The Morgan fingerprint density at radius 2 is 1.53 bits per heavy atom. The molecule has 0 bridgehead atoms. The van der Waals surface area contributed by atoms with Crippen molar-refractivity contribution in [2.75, 3.05) is 18.0 Å². The van der Waals surface area contributed by atoms with Crippen LogP contribution >= 0.6 is 0 Å². The molecule has 0 saturated heterocycles. The molecule has 0 fully saturated rings. The quantitative estimate of drug-likeness (QED) is 0.157. The molecular weight excluding hydrogens is 655 g/mol. The monoisotopic (exact) mass is 695 g/mol. The van der Waals surface area contributed by atoms with E-state index in [0.717, 1.165) is 23.3 Å². The first-order valence-corrected chi connectivity index (χ1v) is 17.2. The maximum absolute atomic E-state index is 14.6. The van der Waals surface area contributed by atoms with E-state index in [9.17, 15) is 31.2 Å². The van der Waals surface area contributed by atoms with E-state index in [4.69, 9.17) is 4.74 Å². The molecule has 4 rings (SSSR count). The van der Waals surface area contributed by atoms with Crippen LogP contribution in [0.25, 0.3) is 0 Å². The molecule has 0 aliphatic rings. The molecule has 0 spiro atoms. The first-order chi connectivity index (χ1) is 23.2. The number of benzene rings is 4. The molecule has 260 valence electrons. The van der Waals surface area contributed by atoms with Crippen molar-refractivity contribution in [3.63, 3.8) is 0 Å². The van der Waals surface area contributed by atoms with Crippen LogP contribution in [0.4, 0.5) is 18.9 Å². The van der Waals surface area contributed by atoms with E-state index in [1.165, 1.54) is 30.2 Å². The summed E-state index contributed by atoms with van der Waals surface area (Å²) in [6, 6.07) is 24.2. The van der Waals surface area contributed by atoms with Crippen molar-refractivity contribution < 1.29 is 35.9 Å². The summed E-state index contributed by atoms with van der Waals surface area (Å²) in [7, 11) is -3.09. The normalized spacial score (nSPS) is 12.9. The molecule has 0 aromatic heterocycles. The summed E-state index contributed by atoms with van der Waals surface area (Å²) in [5.41, 5.74) is 0.672. The summed E-state index contributed by atoms with van der Waals surface area (Å²) < 4.78 is 75.8. The molecule has 0 aliphatic carbocycles. The molecule has 2 amide bonds. The number of carbonyl (C=O) groups excluding carboxylic acids is 2. The highest BCUT2D eigenvalue weighted by molar-refractivity contribution is 7.92. The summed E-state index contributed by atoms with van der Waals surface area (Å²) in [6.45, 7) is 4.48. The zero-order chi connectivity index (χ0) is 35.8. The van der Waals surface area contributed by atoms with E-state index >= 15 is 0 Å². The van der Waals surface area contributed by atoms with Crippen molar-refractivity contribution in [2.45, 2.75) is 63.3 Å². The molecule has 4 aromatic rings. The molecule has 4 aromatic carbocycles. The Morgan fingerprint density at radius 3 is 2.16 bits per heavy atom. The first-order valence-electron chi connectivity index (χ1n) is 15.8. The second-order valence-electron chi connectivity index (χ2n) is 11.8. The highest BCUT2D eigenvalue weighted by Gasteiger charge is 2.36. The Morgan fingerprint density at radius 1 is 0.878 bits per heavy atom. The van der Waals surface area contributed by atoms with E-state index in [0.29, 0.717) is 28.1 Å². The Hall–Kier alpha value is -4.84. The maximum atomic E-state index is 14.6. The zero-order valence-corrected chi connectivity index (χ0v) is 28.6. The van der Waals surface area contributed by atoms with Crippen LogP contribution in [-0.2, 0) is 38.8 Å². The van der Waals surface area contributed by atoms with Crippen molar-refractivity contribution in [3.8, 4) is 5.75 Å². The van der Waals surface area contributed by atoms with E-state index in [1.54, 1.807) is 55.5 Å². The number of methoxy groups -OCH3 is 1. The van der Waals surface area contributed by atoms with Gasteiger partial charge in [0.2, 0.25) is 11.8 Å². The van der Waals surface area contributed by atoms with Gasteiger partial charge in [0.15, 0.2) is 0 Å². The van der Waals surface area contributed by atoms with Gasteiger partial charge in [-0.15, -0.1) is 0 Å². The van der Waals surface area contributed by atoms with Gasteiger partial charge in [-0.1, -0.05) is 73.2 Å². The van der Waals surface area contributed by atoms with Crippen molar-refractivity contribution >= 4 is 27.5 Å². The number of amides is 2. The van der Waals surface area contributed by atoms with Gasteiger partial charge in [0.1, 0.15) is 18.3 Å². The van der Waals surface area contributed by atoms with E-state index in [2.05, 4.69) is 5.32 Å². The Kier molecular flexibility index (Phi) is 12.1. The third-order valence-electron chi connectivity index (χ3n) is 8.11. The fourth-order valence-corrected chi connectivity index (χ4v) is 6.57. The summed E-state index contributed by atoms with van der Waals surface area (Å²) in [4.78, 5) is 29.6. The SMILES string of the molecule is CC[C@H](C)NC(=O)[C@@H](Cc1ccccc1)N(Cc1cccc(OC)c1)C(=O)CN(c1cccc(C(F)(F)F)c1)S(=O)(=O)c1ccc(C)cc1. The molecule has 1 N–H and O–H groups in total. The van der Waals surface area contributed by atoms with E-state index < -0.39 is 46.2 Å². The molecule has 0 saturated carbocycles. The lowest BCUT2D eigenvalue weighted by Crippen LogP contribution is -2.54. The fraction of sp³-hybridized carbons (Fsp3) is 0.297. The van der Waals surface area contributed by atoms with E-state index in [-0.39, 0.29) is 29.6 Å². The van der Waals surface area contributed by atoms with Gasteiger partial charge in [0, 0.05) is 19.0 Å². The number of anilines is 1. The molecule has 49 heavy (non-hydrogen) atoms. The van der Waals surface area contributed by atoms with Crippen LogP contribution in [0.1, 0.15) is 42.5 Å². The second-order valence-corrected chi connectivity index (χ2v) is 13.6. The van der Waals surface area contributed by atoms with E-state index in [1.807, 2.05) is 32.0 Å². The minimum Gasteiger partial charge on any atom is -0.497 e. The van der Waals surface area contributed by atoms with Crippen LogP contribution in [-0.4, -0.2) is 50.9 Å². The van der Waals surface area contributed by atoms with Crippen molar-refractivity contribution in [2.24, 2.45) is 0 Å². The highest BCUT2D eigenvalue weighted by atomic mass is 32.2. The van der Waals surface area contributed by atoms with Gasteiger partial charge in [0.25, 0.3) is 10.0 Å². The number of ether oxygens (including phenoxy) is 1. The number of nitrogens with zero attached hydrogens (tertiary/aromatic N) is 2. The topological polar surface area (TPSA) is 96.0 Å². The van der Waals surface area contributed by atoms with Crippen LogP contribution in [0.15, 0.2) is 108 Å². The number of sulfonamides is 1. The molecule has 8 nitrogen and oxygen atoms in total. The number of nitrogens with one attached hydrogen (secondary N) is 1. The third-order valence-corrected chi connectivity index (χ3v) is 9.90. The lowest BCUT2D eigenvalue weighted by molar-refractivity contribution is -0.140. The largest absolute Gasteiger partial charge is 0.497 e. The number of alkyl halides is 3. The first kappa shape index (κ1) is 37.0. The van der Waals surface area contributed by atoms with Crippen LogP contribution in [0.3, 0.4) is 0 Å². The molecular formula is C37H40F3N3O5S. The van der Waals surface area contributed by atoms with Gasteiger partial charge >= 0.3 is 6.18 Å². The Labute approximate surface area is 285 Å². The van der Waals surface area contributed by atoms with Crippen molar-refractivity contribution in [3.05, 3.63) is 125 Å². The predicted molar refractivity (Wildman–Crippen MR) is 183 cm³/mol. The number of aryl methyl sites for hydroxylation is 1. The van der Waals surface area contributed by atoms with Crippen LogP contribution < -0.4 is 14.4 Å². The molecule has 0 radical (unpaired) electrons. The van der Waals surface area contributed by atoms with Crippen molar-refractivity contribution in [1.29, 1.82) is 0 Å². The number of hydrogen-bond acceptors (Lipinski definition) is 5. The van der Waals surface area contributed by atoms with Crippen molar-refractivity contribution in [1.82, 2.24) is 10.2 Å². The third kappa shape index (κ3) is 9.62. The standard InChI is InChI=1S/C37H40F3N3O5S/c1-5-27(3)41-36(45)34(22-28-11-7-6-8-12-28)42(24-29-13-9-16-32(21-29)48-4)35(44)25-43(31-15-10-14-30(23-31)37(38,39)40)49(46,47)33-19-17-26(2)18-20-33/h6-21,23,27,34H,5,22,24-25H2,1-4H3,(H,41,45)/t27-,34+/m0/s1. The average molecular weight is 696 g/mol. The Bertz CT molecular complexity index is 1830. The fourth-order valence-electron chi connectivity index (χ4n) is 5.17. The molecule has 0 heterocycles. The Balaban J connectivity index is 1.86. The molecule has 12 heteroatoms. The highest BCUT2D eigenvalue weighted by Crippen LogP contribution is 2.33. The number of halogens is 3. The van der Waals surface area contributed by atoms with Gasteiger partial charge in [-0.3, -0.25) is 13.9 Å². The van der Waals surface area contributed by atoms with Gasteiger partial charge < -0.3 is 15.0 Å². The average Bonchev–Trinajstić information content (AvgIpc) is 3.08. The number of hydrogen-bond donors (Lipinski definition) is 1. The smallest absolute Gasteiger partial charge is 0.416 e. The predicted octanol–water partition coefficient (Wildman–Crippen LogP) is 6.77. The summed E-state index contributed by atoms with van der Waals surface area (Å²) in [5, 5.41) is 2.95. The van der Waals surface area contributed by atoms with Gasteiger partial charge in [-0.05, 0) is 73.9 Å². The van der Waals surface area contributed by atoms with Gasteiger partial charge in [-0.2, -0.15) is 13.2 Å². The lowest BCUT2D eigenvalue weighted by Gasteiger charge is -2.34. The summed E-state index contributed by atoms with van der Waals surface area (Å²) in [5.74, 6) is -0.751. The second kappa shape index (κ2) is 16.0. The van der Waals surface area contributed by atoms with Crippen LogP contribution in [0.2, 0.25) is 0 Å². The minimum absolute atomic E-state index is 0.0904. The molecule has 0 aliphatic heterocycles. The molecule has 2 atom stereocenters.